The third-order valence-corrected chi connectivity index (χ3v) is 3.12. The summed E-state index contributed by atoms with van der Waals surface area (Å²) in [5.74, 6) is 0.885. The summed E-state index contributed by atoms with van der Waals surface area (Å²) in [5.41, 5.74) is 2.79. The molecular weight excluding hydrogens is 268 g/mol. The maximum Gasteiger partial charge on any atom is 0.323 e. The van der Waals surface area contributed by atoms with Crippen LogP contribution in [0.5, 0.6) is 11.5 Å². The highest BCUT2D eigenvalue weighted by atomic mass is 16.5. The van der Waals surface area contributed by atoms with Crippen LogP contribution in [-0.2, 0) is 0 Å². The van der Waals surface area contributed by atoms with Gasteiger partial charge in [-0.25, -0.2) is 4.79 Å². The van der Waals surface area contributed by atoms with Crippen LogP contribution in [0.25, 0.3) is 0 Å². The van der Waals surface area contributed by atoms with Crippen LogP contribution >= 0.6 is 0 Å². The number of nitrogens with one attached hydrogen (secondary N) is 2. The van der Waals surface area contributed by atoms with Crippen molar-refractivity contribution in [2.45, 2.75) is 13.8 Å². The van der Waals surface area contributed by atoms with Crippen LogP contribution in [0.1, 0.15) is 11.1 Å². The van der Waals surface area contributed by atoms with E-state index in [1.807, 2.05) is 6.92 Å². The molecule has 2 aromatic rings. The molecule has 0 fully saturated rings. The molecule has 2 amide bonds. The molecular formula is C16H18N2O3. The first-order valence-corrected chi connectivity index (χ1v) is 6.52. The molecule has 0 spiro atoms. The lowest BCUT2D eigenvalue weighted by atomic mass is 10.1. The van der Waals surface area contributed by atoms with Crippen molar-refractivity contribution in [1.82, 2.24) is 0 Å². The molecule has 0 aliphatic rings. The van der Waals surface area contributed by atoms with Crippen LogP contribution in [0.2, 0.25) is 0 Å². The Balaban J connectivity index is 2.09. The van der Waals surface area contributed by atoms with E-state index in [0.717, 1.165) is 5.56 Å². The lowest BCUT2D eigenvalue weighted by Crippen LogP contribution is -2.20. The molecule has 2 rings (SSSR count). The van der Waals surface area contributed by atoms with Gasteiger partial charge in [-0.05, 0) is 49.2 Å². The highest BCUT2D eigenvalue weighted by Gasteiger charge is 2.08. The lowest BCUT2D eigenvalue weighted by molar-refractivity contribution is 0.262. The van der Waals surface area contributed by atoms with Crippen LogP contribution in [0.15, 0.2) is 36.4 Å². The van der Waals surface area contributed by atoms with Gasteiger partial charge in [-0.2, -0.15) is 0 Å². The molecule has 0 unspecified atom stereocenters. The van der Waals surface area contributed by atoms with Crippen LogP contribution < -0.4 is 15.4 Å². The number of aromatic hydroxyl groups is 1. The number of phenols is 1. The minimum absolute atomic E-state index is 0.214. The monoisotopic (exact) mass is 286 g/mol. The average molecular weight is 286 g/mol. The van der Waals surface area contributed by atoms with Crippen molar-refractivity contribution in [1.29, 1.82) is 0 Å². The summed E-state index contributed by atoms with van der Waals surface area (Å²) in [6, 6.07) is 10.1. The average Bonchev–Trinajstić information content (AvgIpc) is 2.45. The largest absolute Gasteiger partial charge is 0.508 e. The van der Waals surface area contributed by atoms with Gasteiger partial charge in [0.2, 0.25) is 0 Å². The van der Waals surface area contributed by atoms with E-state index < -0.39 is 0 Å². The number of benzene rings is 2. The smallest absolute Gasteiger partial charge is 0.323 e. The fourth-order valence-electron chi connectivity index (χ4n) is 1.92. The molecule has 0 aromatic heterocycles. The normalized spacial score (nSPS) is 10.0. The van der Waals surface area contributed by atoms with Gasteiger partial charge in [-0.3, -0.25) is 0 Å². The summed E-state index contributed by atoms with van der Waals surface area (Å²) in [6.07, 6.45) is 0. The van der Waals surface area contributed by atoms with Crippen molar-refractivity contribution in [3.05, 3.63) is 47.5 Å². The van der Waals surface area contributed by atoms with Gasteiger partial charge in [0.05, 0.1) is 7.11 Å². The van der Waals surface area contributed by atoms with E-state index in [1.54, 1.807) is 50.4 Å². The van der Waals surface area contributed by atoms with Crippen LogP contribution in [0.3, 0.4) is 0 Å². The van der Waals surface area contributed by atoms with E-state index in [2.05, 4.69) is 10.6 Å². The maximum atomic E-state index is 12.0. The third kappa shape index (κ3) is 3.66. The van der Waals surface area contributed by atoms with Gasteiger partial charge in [-0.1, -0.05) is 6.07 Å². The van der Waals surface area contributed by atoms with Gasteiger partial charge in [0.1, 0.15) is 11.5 Å². The number of phenolic OH excluding ortho intramolecular Hbond substituents is 1. The predicted octanol–water partition coefficient (Wildman–Crippen LogP) is 3.66. The van der Waals surface area contributed by atoms with Crippen molar-refractivity contribution >= 4 is 17.4 Å². The summed E-state index contributed by atoms with van der Waals surface area (Å²) in [6.45, 7) is 3.60. The number of urea groups is 1. The number of carbonyl (C=O) groups excluding carboxylic acids is 1. The van der Waals surface area contributed by atoms with Crippen molar-refractivity contribution in [3.8, 4) is 11.5 Å². The first-order valence-electron chi connectivity index (χ1n) is 6.52. The lowest BCUT2D eigenvalue weighted by Gasteiger charge is -2.12. The zero-order valence-electron chi connectivity index (χ0n) is 12.2. The van der Waals surface area contributed by atoms with Crippen molar-refractivity contribution < 1.29 is 14.6 Å². The summed E-state index contributed by atoms with van der Waals surface area (Å²) in [4.78, 5) is 12.0. The fourth-order valence-corrected chi connectivity index (χ4v) is 1.92. The summed E-state index contributed by atoms with van der Waals surface area (Å²) in [5, 5.41) is 15.1. The molecule has 5 nitrogen and oxygen atoms in total. The molecule has 0 saturated carbocycles. The molecule has 21 heavy (non-hydrogen) atoms. The molecule has 0 saturated heterocycles. The zero-order valence-corrected chi connectivity index (χ0v) is 12.2. The van der Waals surface area contributed by atoms with Crippen LogP contribution in [-0.4, -0.2) is 18.2 Å². The van der Waals surface area contributed by atoms with Crippen LogP contribution in [0.4, 0.5) is 16.2 Å². The Morgan fingerprint density at radius 2 is 1.86 bits per heavy atom. The highest BCUT2D eigenvalue weighted by Crippen LogP contribution is 2.25. The van der Waals surface area contributed by atoms with Gasteiger partial charge in [-0.15, -0.1) is 0 Å². The van der Waals surface area contributed by atoms with E-state index in [-0.39, 0.29) is 11.8 Å². The second kappa shape index (κ2) is 6.17. The minimum Gasteiger partial charge on any atom is -0.508 e. The molecule has 0 aliphatic carbocycles. The number of amides is 2. The van der Waals surface area contributed by atoms with Crippen molar-refractivity contribution in [2.24, 2.45) is 0 Å². The number of methoxy groups -OCH3 is 1. The molecule has 0 bridgehead atoms. The highest BCUT2D eigenvalue weighted by molar-refractivity contribution is 6.00. The molecule has 3 N–H and O–H groups in total. The maximum absolute atomic E-state index is 12.0. The number of anilines is 2. The predicted molar refractivity (Wildman–Crippen MR) is 83.2 cm³/mol. The Morgan fingerprint density at radius 1 is 1.10 bits per heavy atom. The summed E-state index contributed by atoms with van der Waals surface area (Å²) in [7, 11) is 1.57. The molecule has 0 radical (unpaired) electrons. The minimum atomic E-state index is -0.351. The van der Waals surface area contributed by atoms with E-state index in [1.165, 1.54) is 0 Å². The number of hydrogen-bond acceptors (Lipinski definition) is 3. The van der Waals surface area contributed by atoms with Crippen molar-refractivity contribution in [3.63, 3.8) is 0 Å². The molecule has 0 aliphatic heterocycles. The molecule has 5 heteroatoms. The zero-order chi connectivity index (χ0) is 15.4. The first-order chi connectivity index (χ1) is 9.99. The first kappa shape index (κ1) is 14.7. The second-order valence-electron chi connectivity index (χ2n) is 4.76. The van der Waals surface area contributed by atoms with E-state index in [4.69, 9.17) is 4.74 Å². The number of ether oxygens (including phenoxy) is 1. The van der Waals surface area contributed by atoms with Gasteiger partial charge < -0.3 is 20.5 Å². The Bertz CT molecular complexity index is 669. The number of rotatable bonds is 3. The number of carbonyl (C=O) groups is 1. The fraction of sp³-hybridized carbons (Fsp3) is 0.188. The number of hydrogen-bond donors (Lipinski definition) is 3. The molecule has 0 heterocycles. The summed E-state index contributed by atoms with van der Waals surface area (Å²) >= 11 is 0. The van der Waals surface area contributed by atoms with Gasteiger partial charge in [0, 0.05) is 17.4 Å². The van der Waals surface area contributed by atoms with Crippen molar-refractivity contribution in [2.75, 3.05) is 17.7 Å². The van der Waals surface area contributed by atoms with Gasteiger partial charge in [0.25, 0.3) is 0 Å². The second-order valence-corrected chi connectivity index (χ2v) is 4.76. The SMILES string of the molecule is COc1cccc(NC(=O)Nc2cc(C)c(O)cc2C)c1. The van der Waals surface area contributed by atoms with E-state index >= 15 is 0 Å². The molecule has 2 aromatic carbocycles. The third-order valence-electron chi connectivity index (χ3n) is 3.12. The molecule has 110 valence electrons. The van der Waals surface area contributed by atoms with Crippen LogP contribution in [0, 0.1) is 13.8 Å². The Morgan fingerprint density at radius 3 is 2.57 bits per heavy atom. The van der Waals surface area contributed by atoms with E-state index in [0.29, 0.717) is 22.7 Å². The molecule has 0 atom stereocenters. The van der Waals surface area contributed by atoms with Gasteiger partial charge in [0.15, 0.2) is 0 Å². The van der Waals surface area contributed by atoms with Gasteiger partial charge >= 0.3 is 6.03 Å². The topological polar surface area (TPSA) is 70.6 Å². The quantitative estimate of drug-likeness (QED) is 0.754. The Hall–Kier alpha value is -2.69. The Labute approximate surface area is 123 Å². The van der Waals surface area contributed by atoms with E-state index in [9.17, 15) is 9.90 Å². The summed E-state index contributed by atoms with van der Waals surface area (Å²) < 4.78 is 5.10. The Kier molecular flexibility index (Phi) is 4.33. The number of aryl methyl sites for hydroxylation is 2. The standard InChI is InChI=1S/C16H18N2O3/c1-10-8-15(19)11(2)7-14(10)18-16(20)17-12-5-4-6-13(9-12)21-3/h4-9,19H,1-3H3,(H2,17,18,20).